The number of rotatable bonds is 7. The van der Waals surface area contributed by atoms with E-state index in [0.717, 1.165) is 16.9 Å². The fourth-order valence-electron chi connectivity index (χ4n) is 2.60. The fraction of sp³-hybridized carbons (Fsp3) is 0.136. The van der Waals surface area contributed by atoms with Gasteiger partial charge in [-0.1, -0.05) is 30.3 Å². The lowest BCUT2D eigenvalue weighted by Crippen LogP contribution is -2.13. The van der Waals surface area contributed by atoms with Gasteiger partial charge in [0.1, 0.15) is 5.82 Å². The minimum absolute atomic E-state index is 0.0376. The summed E-state index contributed by atoms with van der Waals surface area (Å²) in [6, 6.07) is 20.8. The molecule has 1 amide bonds. The molecule has 0 aliphatic rings. The molecule has 2 aromatic carbocycles. The van der Waals surface area contributed by atoms with E-state index >= 15 is 0 Å². The summed E-state index contributed by atoms with van der Waals surface area (Å²) in [6.07, 6.45) is 2.77. The summed E-state index contributed by atoms with van der Waals surface area (Å²) < 4.78 is 0. The molecule has 136 valence electrons. The highest BCUT2D eigenvalue weighted by molar-refractivity contribution is 5.94. The summed E-state index contributed by atoms with van der Waals surface area (Å²) >= 11 is 0. The predicted octanol–water partition coefficient (Wildman–Crippen LogP) is 4.60. The first-order valence-electron chi connectivity index (χ1n) is 8.78. The molecule has 0 saturated carbocycles. The molecule has 5 heteroatoms. The van der Waals surface area contributed by atoms with E-state index in [4.69, 9.17) is 0 Å². The number of pyridine rings is 1. The zero-order chi connectivity index (χ0) is 19.1. The van der Waals surface area contributed by atoms with Crippen LogP contribution in [0.4, 0.5) is 17.2 Å². The average molecular weight is 359 g/mol. The number of aryl methyl sites for hydroxylation is 1. The second kappa shape index (κ2) is 8.76. The Morgan fingerprint density at radius 2 is 1.59 bits per heavy atom. The molecule has 1 heterocycles. The number of aromatic nitrogens is 1. The Kier molecular flexibility index (Phi) is 5.94. The van der Waals surface area contributed by atoms with Crippen LogP contribution in [0, 0.1) is 0 Å². The number of carbonyl (C=O) groups excluding carboxylic acids is 2. The third kappa shape index (κ3) is 5.51. The molecule has 0 saturated heterocycles. The van der Waals surface area contributed by atoms with E-state index in [0.29, 0.717) is 24.2 Å². The molecule has 0 aliphatic carbocycles. The number of benzene rings is 2. The van der Waals surface area contributed by atoms with E-state index in [-0.39, 0.29) is 11.7 Å². The molecular weight excluding hydrogens is 338 g/mol. The lowest BCUT2D eigenvalue weighted by atomic mass is 10.1. The van der Waals surface area contributed by atoms with E-state index in [2.05, 4.69) is 15.6 Å². The summed E-state index contributed by atoms with van der Waals surface area (Å²) in [4.78, 5) is 27.6. The van der Waals surface area contributed by atoms with Gasteiger partial charge < -0.3 is 10.6 Å². The molecule has 27 heavy (non-hydrogen) atoms. The SMILES string of the molecule is CC(=O)c1ccc(Nc2ccc(NC(=O)CCc3ccccc3)nc2)cc1. The highest BCUT2D eigenvalue weighted by Crippen LogP contribution is 2.18. The molecule has 1 aromatic heterocycles. The smallest absolute Gasteiger partial charge is 0.225 e. The molecule has 0 bridgehead atoms. The van der Waals surface area contributed by atoms with E-state index < -0.39 is 0 Å². The lowest BCUT2D eigenvalue weighted by Gasteiger charge is -2.08. The first-order chi connectivity index (χ1) is 13.1. The van der Waals surface area contributed by atoms with E-state index in [9.17, 15) is 9.59 Å². The molecule has 0 radical (unpaired) electrons. The molecular formula is C22H21N3O2. The standard InChI is InChI=1S/C22H21N3O2/c1-16(26)18-8-10-19(11-9-18)24-20-12-13-21(23-15-20)25-22(27)14-7-17-5-3-2-4-6-17/h2-6,8-13,15,24H,7,14H2,1H3,(H,23,25,27). The van der Waals surface area contributed by atoms with Crippen molar-refractivity contribution in [1.82, 2.24) is 4.98 Å². The lowest BCUT2D eigenvalue weighted by molar-refractivity contribution is -0.116. The Balaban J connectivity index is 1.52. The van der Waals surface area contributed by atoms with Crippen LogP contribution in [0.25, 0.3) is 0 Å². The molecule has 0 fully saturated rings. The van der Waals surface area contributed by atoms with Gasteiger partial charge in [0.05, 0.1) is 11.9 Å². The normalized spacial score (nSPS) is 10.3. The number of amides is 1. The third-order valence-electron chi connectivity index (χ3n) is 4.09. The van der Waals surface area contributed by atoms with Gasteiger partial charge in [0.15, 0.2) is 5.78 Å². The Morgan fingerprint density at radius 3 is 2.22 bits per heavy atom. The van der Waals surface area contributed by atoms with Crippen LogP contribution in [0.5, 0.6) is 0 Å². The van der Waals surface area contributed by atoms with Crippen molar-refractivity contribution in [3.05, 3.63) is 84.1 Å². The minimum Gasteiger partial charge on any atom is -0.354 e. The number of carbonyl (C=O) groups is 2. The first kappa shape index (κ1) is 18.3. The van der Waals surface area contributed by atoms with Crippen LogP contribution in [0.15, 0.2) is 72.9 Å². The Bertz CT molecular complexity index is 905. The molecule has 0 aliphatic heterocycles. The van der Waals surface area contributed by atoms with E-state index in [1.807, 2.05) is 48.5 Å². The molecule has 5 nitrogen and oxygen atoms in total. The van der Waals surface area contributed by atoms with Gasteiger partial charge in [-0.05, 0) is 55.3 Å². The molecule has 0 spiro atoms. The molecule has 3 rings (SSSR count). The van der Waals surface area contributed by atoms with Crippen molar-refractivity contribution >= 4 is 28.9 Å². The number of ketones is 1. The second-order valence-corrected chi connectivity index (χ2v) is 6.22. The highest BCUT2D eigenvalue weighted by atomic mass is 16.1. The highest BCUT2D eigenvalue weighted by Gasteiger charge is 2.05. The van der Waals surface area contributed by atoms with Crippen molar-refractivity contribution in [1.29, 1.82) is 0 Å². The maximum Gasteiger partial charge on any atom is 0.225 e. The summed E-state index contributed by atoms with van der Waals surface area (Å²) in [7, 11) is 0. The van der Waals surface area contributed by atoms with Crippen LogP contribution >= 0.6 is 0 Å². The zero-order valence-electron chi connectivity index (χ0n) is 15.1. The second-order valence-electron chi connectivity index (χ2n) is 6.22. The number of Topliss-reactive ketones (excluding diaryl/α,β-unsaturated/α-hetero) is 1. The molecule has 2 N–H and O–H groups in total. The van der Waals surface area contributed by atoms with Gasteiger partial charge in [-0.2, -0.15) is 0 Å². The van der Waals surface area contributed by atoms with Gasteiger partial charge >= 0.3 is 0 Å². The third-order valence-corrected chi connectivity index (χ3v) is 4.09. The Morgan fingerprint density at radius 1 is 0.889 bits per heavy atom. The predicted molar refractivity (Wildman–Crippen MR) is 107 cm³/mol. The van der Waals surface area contributed by atoms with Gasteiger partial charge in [-0.25, -0.2) is 4.98 Å². The van der Waals surface area contributed by atoms with E-state index in [1.54, 1.807) is 31.3 Å². The average Bonchev–Trinajstić information content (AvgIpc) is 2.69. The van der Waals surface area contributed by atoms with Crippen molar-refractivity contribution in [3.8, 4) is 0 Å². The number of hydrogen-bond acceptors (Lipinski definition) is 4. The fourth-order valence-corrected chi connectivity index (χ4v) is 2.60. The van der Waals surface area contributed by atoms with Crippen LogP contribution in [0.2, 0.25) is 0 Å². The molecule has 0 atom stereocenters. The summed E-state index contributed by atoms with van der Waals surface area (Å²) in [6.45, 7) is 1.54. The summed E-state index contributed by atoms with van der Waals surface area (Å²) in [5.74, 6) is 0.494. The number of nitrogens with zero attached hydrogens (tertiary/aromatic N) is 1. The van der Waals surface area contributed by atoms with Crippen LogP contribution in [-0.2, 0) is 11.2 Å². The monoisotopic (exact) mass is 359 g/mol. The van der Waals surface area contributed by atoms with Gasteiger partial charge in [-0.3, -0.25) is 9.59 Å². The summed E-state index contributed by atoms with van der Waals surface area (Å²) in [5, 5.41) is 6.02. The van der Waals surface area contributed by atoms with Crippen LogP contribution < -0.4 is 10.6 Å². The molecule has 0 unspecified atom stereocenters. The van der Waals surface area contributed by atoms with Gasteiger partial charge in [0.2, 0.25) is 5.91 Å². The zero-order valence-corrected chi connectivity index (χ0v) is 15.1. The Hall–Kier alpha value is -3.47. The minimum atomic E-state index is -0.0631. The maximum absolute atomic E-state index is 12.1. The van der Waals surface area contributed by atoms with Crippen LogP contribution in [0.1, 0.15) is 29.3 Å². The van der Waals surface area contributed by atoms with Crippen LogP contribution in [0.3, 0.4) is 0 Å². The number of nitrogens with one attached hydrogen (secondary N) is 2. The van der Waals surface area contributed by atoms with E-state index in [1.165, 1.54) is 0 Å². The largest absolute Gasteiger partial charge is 0.354 e. The van der Waals surface area contributed by atoms with Crippen molar-refractivity contribution in [3.63, 3.8) is 0 Å². The van der Waals surface area contributed by atoms with Crippen molar-refractivity contribution < 1.29 is 9.59 Å². The van der Waals surface area contributed by atoms with Crippen molar-refractivity contribution in [2.75, 3.05) is 10.6 Å². The molecule has 3 aromatic rings. The first-order valence-corrected chi connectivity index (χ1v) is 8.78. The number of hydrogen-bond donors (Lipinski definition) is 2. The Labute approximate surface area is 158 Å². The van der Waals surface area contributed by atoms with Crippen molar-refractivity contribution in [2.24, 2.45) is 0 Å². The van der Waals surface area contributed by atoms with Gasteiger partial charge in [0, 0.05) is 17.7 Å². The quantitative estimate of drug-likeness (QED) is 0.605. The number of anilines is 3. The van der Waals surface area contributed by atoms with Gasteiger partial charge in [-0.15, -0.1) is 0 Å². The topological polar surface area (TPSA) is 71.1 Å². The van der Waals surface area contributed by atoms with Gasteiger partial charge in [0.25, 0.3) is 0 Å². The maximum atomic E-state index is 12.1. The van der Waals surface area contributed by atoms with Crippen molar-refractivity contribution in [2.45, 2.75) is 19.8 Å². The van der Waals surface area contributed by atoms with Crippen LogP contribution in [-0.4, -0.2) is 16.7 Å². The summed E-state index contributed by atoms with van der Waals surface area (Å²) in [5.41, 5.74) is 3.47.